The molecule has 0 saturated heterocycles. The van der Waals surface area contributed by atoms with Crippen molar-refractivity contribution in [3.8, 4) is 0 Å². The maximum atomic E-state index is 6.11. The number of aliphatic imine (C=N–C) groups is 1. The molecule has 0 radical (unpaired) electrons. The predicted octanol–water partition coefficient (Wildman–Crippen LogP) is 4.30. The molecule has 1 atom stereocenters. The third-order valence-corrected chi connectivity index (χ3v) is 3.60. The van der Waals surface area contributed by atoms with Gasteiger partial charge in [0.1, 0.15) is 0 Å². The summed E-state index contributed by atoms with van der Waals surface area (Å²) < 4.78 is 0. The van der Waals surface area contributed by atoms with Gasteiger partial charge in [0.15, 0.2) is 0 Å². The first-order chi connectivity index (χ1) is 9.63. The first-order valence-electron chi connectivity index (χ1n) is 7.03. The summed E-state index contributed by atoms with van der Waals surface area (Å²) in [6.07, 6.45) is 7.02. The fourth-order valence-electron chi connectivity index (χ4n) is 1.90. The van der Waals surface area contributed by atoms with Crippen LogP contribution < -0.4 is 11.5 Å². The second-order valence-corrected chi connectivity index (χ2v) is 5.71. The van der Waals surface area contributed by atoms with Gasteiger partial charge in [-0.15, -0.1) is 24.8 Å². The first-order valence-corrected chi connectivity index (χ1v) is 7.78. The summed E-state index contributed by atoms with van der Waals surface area (Å²) in [5.74, 6) is 0. The maximum Gasteiger partial charge on any atom is 0.0453 e. The second-order valence-electron chi connectivity index (χ2n) is 4.86. The van der Waals surface area contributed by atoms with Gasteiger partial charge in [-0.2, -0.15) is 0 Å². The third-order valence-electron chi connectivity index (χ3n) is 3.01. The highest BCUT2D eigenvalue weighted by atomic mass is 35.5. The number of unbranched alkanes of at least 4 members (excludes halogenated alkanes) is 3. The normalized spacial score (nSPS) is 11.8. The Kier molecular flexibility index (Phi) is 16.0. The van der Waals surface area contributed by atoms with Crippen LogP contribution in [0.25, 0.3) is 0 Å². The molecular formula is C15H25Cl4N3. The van der Waals surface area contributed by atoms with E-state index in [1.54, 1.807) is 6.07 Å². The lowest BCUT2D eigenvalue weighted by molar-refractivity contribution is 0.653. The molecule has 1 aromatic rings. The Bertz CT molecular complexity index is 427. The smallest absolute Gasteiger partial charge is 0.0453 e. The van der Waals surface area contributed by atoms with Crippen LogP contribution in [0.1, 0.15) is 31.2 Å². The molecular weight excluding hydrogens is 364 g/mol. The van der Waals surface area contributed by atoms with Crippen molar-refractivity contribution in [1.82, 2.24) is 0 Å². The Morgan fingerprint density at radius 3 is 2.41 bits per heavy atom. The third kappa shape index (κ3) is 10.7. The fourth-order valence-corrected chi connectivity index (χ4v) is 2.39. The predicted molar refractivity (Wildman–Crippen MR) is 104 cm³/mol. The molecule has 0 spiro atoms. The van der Waals surface area contributed by atoms with E-state index in [2.05, 4.69) is 4.99 Å². The average molecular weight is 389 g/mol. The van der Waals surface area contributed by atoms with Crippen molar-refractivity contribution in [2.75, 3.05) is 13.1 Å². The van der Waals surface area contributed by atoms with Crippen LogP contribution in [-0.2, 0) is 6.42 Å². The van der Waals surface area contributed by atoms with Crippen molar-refractivity contribution < 1.29 is 0 Å². The van der Waals surface area contributed by atoms with E-state index in [-0.39, 0.29) is 30.9 Å². The minimum atomic E-state index is -0.113. The van der Waals surface area contributed by atoms with Gasteiger partial charge in [0.05, 0.1) is 0 Å². The van der Waals surface area contributed by atoms with Gasteiger partial charge in [0, 0.05) is 28.8 Å². The van der Waals surface area contributed by atoms with E-state index < -0.39 is 0 Å². The van der Waals surface area contributed by atoms with Crippen LogP contribution >= 0.6 is 48.0 Å². The summed E-state index contributed by atoms with van der Waals surface area (Å²) in [6, 6.07) is 5.35. The summed E-state index contributed by atoms with van der Waals surface area (Å²) in [5, 5.41) is 1.29. The van der Waals surface area contributed by atoms with E-state index in [1.807, 2.05) is 18.3 Å². The van der Waals surface area contributed by atoms with Crippen molar-refractivity contribution in [1.29, 1.82) is 0 Å². The molecule has 0 aliphatic heterocycles. The second kappa shape index (κ2) is 14.6. The summed E-state index contributed by atoms with van der Waals surface area (Å²) in [4.78, 5) is 4.36. The highest BCUT2D eigenvalue weighted by Gasteiger charge is 2.05. The van der Waals surface area contributed by atoms with E-state index in [4.69, 9.17) is 34.7 Å². The molecule has 0 fully saturated rings. The molecule has 0 heterocycles. The standard InChI is InChI=1S/C15H23Cl2N3.2ClH/c16-13-6-5-12(15(17)10-13)9-14(19)11-20-8-4-2-1-3-7-18;;/h5-6,10-11,14H,1-4,7-9,18-19H2;2*1H. The average Bonchev–Trinajstić information content (AvgIpc) is 2.41. The Morgan fingerprint density at radius 1 is 1.09 bits per heavy atom. The maximum absolute atomic E-state index is 6.11. The Morgan fingerprint density at radius 2 is 1.77 bits per heavy atom. The van der Waals surface area contributed by atoms with Gasteiger partial charge >= 0.3 is 0 Å². The molecule has 7 heteroatoms. The lowest BCUT2D eigenvalue weighted by Gasteiger charge is -2.08. The topological polar surface area (TPSA) is 64.4 Å². The largest absolute Gasteiger partial charge is 0.330 e. The Hall–Kier alpha value is -0.0300. The molecule has 3 nitrogen and oxygen atoms in total. The number of nitrogens with zero attached hydrogens (tertiary/aromatic N) is 1. The zero-order chi connectivity index (χ0) is 14.8. The number of rotatable bonds is 9. The molecule has 0 bridgehead atoms. The highest BCUT2D eigenvalue weighted by Crippen LogP contribution is 2.21. The number of hydrogen-bond acceptors (Lipinski definition) is 3. The monoisotopic (exact) mass is 387 g/mol. The fraction of sp³-hybridized carbons (Fsp3) is 0.533. The zero-order valence-electron chi connectivity index (χ0n) is 12.5. The summed E-state index contributed by atoms with van der Waals surface area (Å²) in [5.41, 5.74) is 12.5. The molecule has 0 aliphatic carbocycles. The zero-order valence-corrected chi connectivity index (χ0v) is 15.7. The molecule has 0 aromatic heterocycles. The van der Waals surface area contributed by atoms with E-state index >= 15 is 0 Å². The highest BCUT2D eigenvalue weighted by molar-refractivity contribution is 6.35. The summed E-state index contributed by atoms with van der Waals surface area (Å²) in [7, 11) is 0. The lowest BCUT2D eigenvalue weighted by atomic mass is 10.1. The molecule has 0 amide bonds. The van der Waals surface area contributed by atoms with Crippen LogP contribution in [0.4, 0.5) is 0 Å². The van der Waals surface area contributed by atoms with E-state index in [1.165, 1.54) is 12.8 Å². The van der Waals surface area contributed by atoms with E-state index in [9.17, 15) is 0 Å². The Balaban J connectivity index is 0. The molecule has 0 aliphatic rings. The summed E-state index contributed by atoms with van der Waals surface area (Å²) >= 11 is 12.0. The quantitative estimate of drug-likeness (QED) is 0.489. The van der Waals surface area contributed by atoms with Crippen molar-refractivity contribution in [3.63, 3.8) is 0 Å². The molecule has 4 N–H and O–H groups in total. The van der Waals surface area contributed by atoms with Crippen molar-refractivity contribution >= 4 is 54.2 Å². The molecule has 0 saturated carbocycles. The van der Waals surface area contributed by atoms with Crippen LogP contribution in [0.15, 0.2) is 23.2 Å². The molecule has 128 valence electrons. The van der Waals surface area contributed by atoms with Crippen molar-refractivity contribution in [2.45, 2.75) is 38.1 Å². The van der Waals surface area contributed by atoms with E-state index in [0.29, 0.717) is 16.5 Å². The van der Waals surface area contributed by atoms with Crippen LogP contribution in [-0.4, -0.2) is 25.3 Å². The van der Waals surface area contributed by atoms with Gasteiger partial charge in [0.25, 0.3) is 0 Å². The number of hydrogen-bond donors (Lipinski definition) is 2. The molecule has 22 heavy (non-hydrogen) atoms. The minimum absolute atomic E-state index is 0. The van der Waals surface area contributed by atoms with Gasteiger partial charge in [-0.1, -0.05) is 42.1 Å². The van der Waals surface area contributed by atoms with Gasteiger partial charge < -0.3 is 11.5 Å². The van der Waals surface area contributed by atoms with E-state index in [0.717, 1.165) is 31.5 Å². The van der Waals surface area contributed by atoms with Crippen molar-refractivity contribution in [3.05, 3.63) is 33.8 Å². The van der Waals surface area contributed by atoms with Gasteiger partial charge in [-0.25, -0.2) is 0 Å². The first kappa shape index (κ1) is 24.2. The van der Waals surface area contributed by atoms with Crippen LogP contribution in [0.3, 0.4) is 0 Å². The van der Waals surface area contributed by atoms with Gasteiger partial charge in [-0.05, 0) is 43.5 Å². The van der Waals surface area contributed by atoms with Crippen molar-refractivity contribution in [2.24, 2.45) is 16.5 Å². The number of benzene rings is 1. The molecule has 1 unspecified atom stereocenters. The van der Waals surface area contributed by atoms with Crippen LogP contribution in [0.5, 0.6) is 0 Å². The van der Waals surface area contributed by atoms with Crippen LogP contribution in [0, 0.1) is 0 Å². The minimum Gasteiger partial charge on any atom is -0.330 e. The molecule has 1 aromatic carbocycles. The SMILES string of the molecule is Cl.Cl.NCCCCCCN=CC(N)Cc1ccc(Cl)cc1Cl. The number of nitrogens with two attached hydrogens (primary N) is 2. The number of halogens is 4. The van der Waals surface area contributed by atoms with Gasteiger partial charge in [-0.3, -0.25) is 4.99 Å². The lowest BCUT2D eigenvalue weighted by Crippen LogP contribution is -2.24. The Labute approximate surface area is 155 Å². The van der Waals surface area contributed by atoms with Gasteiger partial charge in [0.2, 0.25) is 0 Å². The van der Waals surface area contributed by atoms with Crippen LogP contribution in [0.2, 0.25) is 10.0 Å². The summed E-state index contributed by atoms with van der Waals surface area (Å²) in [6.45, 7) is 1.60. The molecule has 1 rings (SSSR count).